The molecule has 2 aliphatic rings. The van der Waals surface area contributed by atoms with Crippen LogP contribution in [0.2, 0.25) is 0 Å². The summed E-state index contributed by atoms with van der Waals surface area (Å²) in [5, 5.41) is 1.66. The van der Waals surface area contributed by atoms with Crippen LogP contribution in [0.5, 0.6) is 23.0 Å². The summed E-state index contributed by atoms with van der Waals surface area (Å²) < 4.78 is 11.9. The number of hydrogen-bond donors (Lipinski definition) is 1. The van der Waals surface area contributed by atoms with Gasteiger partial charge in [0.2, 0.25) is 11.4 Å². The van der Waals surface area contributed by atoms with Gasteiger partial charge in [-0.25, -0.2) is 4.99 Å². The van der Waals surface area contributed by atoms with E-state index in [0.717, 1.165) is 45.1 Å². The molecule has 0 aromatic heterocycles. The highest BCUT2D eigenvalue weighted by Gasteiger charge is 2.21. The first-order valence-corrected chi connectivity index (χ1v) is 7.07. The quantitative estimate of drug-likeness (QED) is 0.472. The number of nitrogens with one attached hydrogen (secondary N) is 1. The molecule has 2 heterocycles. The maximum absolute atomic E-state index is 5.95. The molecule has 5 rings (SSSR count). The Bertz CT molecular complexity index is 956. The average molecular weight is 287 g/mol. The Hall–Kier alpha value is -3.14. The van der Waals surface area contributed by atoms with E-state index in [-0.39, 0.29) is 0 Å². The summed E-state index contributed by atoms with van der Waals surface area (Å²) >= 11 is 0. The van der Waals surface area contributed by atoms with E-state index in [0.29, 0.717) is 0 Å². The number of hydrogen-bond acceptors (Lipinski definition) is 3. The van der Waals surface area contributed by atoms with Gasteiger partial charge in [-0.3, -0.25) is 0 Å². The van der Waals surface area contributed by atoms with Crippen molar-refractivity contribution in [1.82, 2.24) is 0 Å². The van der Waals surface area contributed by atoms with Crippen LogP contribution in [0.4, 0.5) is 11.4 Å². The summed E-state index contributed by atoms with van der Waals surface area (Å²) in [6, 6.07) is 19.4. The van der Waals surface area contributed by atoms with Crippen LogP contribution in [0.1, 0.15) is 0 Å². The van der Waals surface area contributed by atoms with Crippen LogP contribution in [0.25, 0.3) is 0 Å². The second kappa shape index (κ2) is 4.18. The highest BCUT2D eigenvalue weighted by molar-refractivity contribution is 5.56. The summed E-state index contributed by atoms with van der Waals surface area (Å²) in [5.41, 5.74) is 1.78. The van der Waals surface area contributed by atoms with E-state index in [1.165, 1.54) is 0 Å². The van der Waals surface area contributed by atoms with E-state index in [9.17, 15) is 0 Å². The molecular formula is C18H11N2O2+. The molecule has 3 aromatic carbocycles. The Kier molecular flexibility index (Phi) is 2.19. The van der Waals surface area contributed by atoms with Crippen LogP contribution >= 0.6 is 0 Å². The van der Waals surface area contributed by atoms with Gasteiger partial charge < -0.3 is 9.47 Å². The van der Waals surface area contributed by atoms with Crippen molar-refractivity contribution in [1.29, 1.82) is 0 Å². The third-order valence-electron chi connectivity index (χ3n) is 3.76. The van der Waals surface area contributed by atoms with E-state index in [1.807, 2.05) is 60.7 Å². The van der Waals surface area contributed by atoms with Gasteiger partial charge in [-0.1, -0.05) is 24.3 Å². The van der Waals surface area contributed by atoms with Gasteiger partial charge in [-0.2, -0.15) is 4.99 Å². The Labute approximate surface area is 126 Å². The monoisotopic (exact) mass is 287 g/mol. The van der Waals surface area contributed by atoms with Crippen molar-refractivity contribution in [3.63, 3.8) is 0 Å². The van der Waals surface area contributed by atoms with Crippen molar-refractivity contribution < 1.29 is 14.5 Å². The minimum absolute atomic E-state index is 0.730. The second-order valence-electron chi connectivity index (χ2n) is 5.22. The fourth-order valence-electron chi connectivity index (χ4n) is 2.71. The number of ether oxygens (including phenoxy) is 2. The summed E-state index contributed by atoms with van der Waals surface area (Å²) in [7, 11) is 0. The number of fused-ring (bicyclic) bond motifs is 4. The molecule has 104 valence electrons. The fraction of sp³-hybridized carbons (Fsp3) is 0. The zero-order valence-electron chi connectivity index (χ0n) is 11.5. The Balaban J connectivity index is 1.76. The first-order valence-electron chi connectivity index (χ1n) is 7.07. The van der Waals surface area contributed by atoms with Crippen LogP contribution in [0.15, 0.2) is 65.7 Å². The van der Waals surface area contributed by atoms with Gasteiger partial charge in [0.25, 0.3) is 5.36 Å². The van der Waals surface area contributed by atoms with E-state index in [2.05, 4.69) is 9.98 Å². The van der Waals surface area contributed by atoms with Gasteiger partial charge in [-0.15, -0.1) is 0 Å². The SMILES string of the molecule is c1ccc2c(c1)N=c1cc3c(cc1O2)=[NH+]c1ccccc1O3. The van der Waals surface area contributed by atoms with Gasteiger partial charge in [0.15, 0.2) is 17.2 Å². The standard InChI is InChI=1S/C18H10N2O2/c1-3-7-15-11(5-1)19-13-9-18-14(10-17(13)21-15)20-12-6-2-4-8-16(12)22-18/h1-10H/p+1. The molecule has 4 nitrogen and oxygen atoms in total. The molecule has 0 amide bonds. The zero-order chi connectivity index (χ0) is 14.5. The lowest BCUT2D eigenvalue weighted by atomic mass is 10.2. The Morgan fingerprint density at radius 3 is 2.45 bits per heavy atom. The molecule has 0 radical (unpaired) electrons. The molecule has 0 saturated heterocycles. The Morgan fingerprint density at radius 1 is 0.727 bits per heavy atom. The summed E-state index contributed by atoms with van der Waals surface area (Å²) in [6.45, 7) is 0. The highest BCUT2D eigenvalue weighted by atomic mass is 16.5. The van der Waals surface area contributed by atoms with Crippen molar-refractivity contribution >= 4 is 11.4 Å². The second-order valence-corrected chi connectivity index (χ2v) is 5.22. The third kappa shape index (κ3) is 1.64. The molecule has 0 spiro atoms. The molecule has 4 heteroatoms. The van der Waals surface area contributed by atoms with Crippen LogP contribution in [-0.2, 0) is 0 Å². The van der Waals surface area contributed by atoms with Crippen molar-refractivity contribution in [3.05, 3.63) is 71.4 Å². The lowest BCUT2D eigenvalue weighted by molar-refractivity contribution is -0.407. The molecule has 3 aromatic rings. The third-order valence-corrected chi connectivity index (χ3v) is 3.76. The summed E-state index contributed by atoms with van der Waals surface area (Å²) in [4.78, 5) is 8.01. The smallest absolute Gasteiger partial charge is 0.251 e. The average Bonchev–Trinajstić information content (AvgIpc) is 2.56. The van der Waals surface area contributed by atoms with E-state index < -0.39 is 0 Å². The van der Waals surface area contributed by atoms with Crippen LogP contribution in [-0.4, -0.2) is 0 Å². The molecule has 0 fully saturated rings. The molecule has 0 aliphatic carbocycles. The summed E-state index contributed by atoms with van der Waals surface area (Å²) in [5.74, 6) is 3.07. The number of benzene rings is 3. The van der Waals surface area contributed by atoms with Crippen molar-refractivity contribution in [2.75, 3.05) is 0 Å². The Morgan fingerprint density at radius 2 is 1.50 bits per heavy atom. The van der Waals surface area contributed by atoms with Crippen molar-refractivity contribution in [2.24, 2.45) is 4.99 Å². The normalized spacial score (nSPS) is 13.1. The van der Waals surface area contributed by atoms with Crippen LogP contribution in [0.3, 0.4) is 0 Å². The highest BCUT2D eigenvalue weighted by Crippen LogP contribution is 2.33. The summed E-state index contributed by atoms with van der Waals surface area (Å²) in [6.07, 6.45) is 0. The molecule has 0 saturated carbocycles. The zero-order valence-corrected chi connectivity index (χ0v) is 11.5. The van der Waals surface area contributed by atoms with E-state index >= 15 is 0 Å². The maximum atomic E-state index is 5.95. The minimum Gasteiger partial charge on any atom is -0.453 e. The van der Waals surface area contributed by atoms with Gasteiger partial charge in [0.05, 0.1) is 6.07 Å². The number of rotatable bonds is 0. The van der Waals surface area contributed by atoms with Crippen LogP contribution in [0, 0.1) is 0 Å². The van der Waals surface area contributed by atoms with Gasteiger partial charge in [0, 0.05) is 12.1 Å². The molecule has 22 heavy (non-hydrogen) atoms. The molecule has 0 bridgehead atoms. The number of para-hydroxylation sites is 4. The lowest BCUT2D eigenvalue weighted by Gasteiger charge is -2.15. The molecule has 0 atom stereocenters. The minimum atomic E-state index is 0.730. The van der Waals surface area contributed by atoms with E-state index in [1.54, 1.807) is 0 Å². The molecule has 0 unspecified atom stereocenters. The predicted molar refractivity (Wildman–Crippen MR) is 79.6 cm³/mol. The first kappa shape index (κ1) is 11.5. The number of nitrogens with zero attached hydrogens (tertiary/aromatic N) is 1. The molecule has 1 N–H and O–H groups in total. The largest absolute Gasteiger partial charge is 0.453 e. The van der Waals surface area contributed by atoms with Crippen LogP contribution < -0.4 is 25.2 Å². The topological polar surface area (TPSA) is 44.8 Å². The van der Waals surface area contributed by atoms with Crippen molar-refractivity contribution in [3.8, 4) is 23.0 Å². The fourth-order valence-corrected chi connectivity index (χ4v) is 2.71. The van der Waals surface area contributed by atoms with Crippen molar-refractivity contribution in [2.45, 2.75) is 0 Å². The molecule has 2 aliphatic heterocycles. The lowest BCUT2D eigenvalue weighted by Crippen LogP contribution is -2.71. The first-order chi connectivity index (χ1) is 10.9. The maximum Gasteiger partial charge on any atom is 0.251 e. The molecular weight excluding hydrogens is 276 g/mol. The van der Waals surface area contributed by atoms with Gasteiger partial charge >= 0.3 is 0 Å². The van der Waals surface area contributed by atoms with Gasteiger partial charge in [-0.05, 0) is 18.2 Å². The van der Waals surface area contributed by atoms with Gasteiger partial charge in [0.1, 0.15) is 11.0 Å². The van der Waals surface area contributed by atoms with E-state index in [4.69, 9.17) is 9.47 Å². The predicted octanol–water partition coefficient (Wildman–Crippen LogP) is 1.88.